The van der Waals surface area contributed by atoms with Crippen molar-refractivity contribution >= 4 is 59.1 Å². The number of alkyl carbamates (subject to hydrolysis) is 1. The summed E-state index contributed by atoms with van der Waals surface area (Å²) >= 11 is 0. The number of aliphatic carboxylic acids is 1. The van der Waals surface area contributed by atoms with E-state index in [9.17, 15) is 53.7 Å². The Morgan fingerprint density at radius 3 is 2.10 bits per heavy atom. The van der Waals surface area contributed by atoms with Crippen molar-refractivity contribution in [2.75, 3.05) is 110 Å². The second-order valence-corrected chi connectivity index (χ2v) is 30.0. The Balaban J connectivity index is 0.866. The van der Waals surface area contributed by atoms with Gasteiger partial charge < -0.3 is 78.1 Å². The number of piperidine rings is 1. The molecule has 3 amide bonds. The van der Waals surface area contributed by atoms with Gasteiger partial charge in [0.1, 0.15) is 36.5 Å². The maximum Gasteiger partial charge on any atom is 0.407 e. The van der Waals surface area contributed by atoms with Crippen LogP contribution in [-0.2, 0) is 73.2 Å². The summed E-state index contributed by atoms with van der Waals surface area (Å²) in [5.74, 6) is -8.29. The number of Topliss-reactive ketones (excluding diaryl/α,β-unsaturated/α-hetero) is 3. The molecule has 592 valence electrons. The second kappa shape index (κ2) is 40.8. The molecule has 8 rings (SSSR count). The fourth-order valence-corrected chi connectivity index (χ4v) is 15.5. The number of esters is 1. The van der Waals surface area contributed by atoms with Crippen molar-refractivity contribution in [3.8, 4) is 0 Å². The number of carboxylic acid groups (broad SMARTS) is 1. The van der Waals surface area contributed by atoms with Crippen LogP contribution in [-0.4, -0.2) is 264 Å². The van der Waals surface area contributed by atoms with Crippen LogP contribution in [0.15, 0.2) is 72.4 Å². The highest BCUT2D eigenvalue weighted by molar-refractivity contribution is 6.39. The van der Waals surface area contributed by atoms with E-state index in [2.05, 4.69) is 35.1 Å². The number of aromatic nitrogens is 4. The lowest BCUT2D eigenvalue weighted by atomic mass is 9.78. The van der Waals surface area contributed by atoms with Gasteiger partial charge in [0, 0.05) is 148 Å². The fraction of sp³-hybridized carbons (Fsp3) is 0.692. The first-order valence-corrected chi connectivity index (χ1v) is 38.1. The molecule has 7 heterocycles. The Morgan fingerprint density at radius 1 is 0.738 bits per heavy atom. The molecule has 6 aliphatic rings. The summed E-state index contributed by atoms with van der Waals surface area (Å²) in [7, 11) is 6.09. The molecular formula is C78H116N10O19. The normalized spacial score (nSPS) is 32.3. The molecule has 0 aromatic carbocycles. The zero-order chi connectivity index (χ0) is 77.6. The zero-order valence-electron chi connectivity index (χ0n) is 64.6. The number of piperazine rings is 2. The number of aliphatic hydroxyl groups excluding tert-OH is 1. The highest BCUT2D eigenvalue weighted by Crippen LogP contribution is 2.39. The molecule has 2 aromatic rings. The first-order chi connectivity index (χ1) is 51.2. The molecule has 17 atom stereocenters. The van der Waals surface area contributed by atoms with Gasteiger partial charge >= 0.3 is 18.0 Å². The first-order valence-electron chi connectivity index (χ1n) is 38.1. The third-order valence-corrected chi connectivity index (χ3v) is 22.3. The summed E-state index contributed by atoms with van der Waals surface area (Å²) in [5.41, 5.74) is 2.36. The van der Waals surface area contributed by atoms with E-state index in [1.165, 1.54) is 48.6 Å². The number of ketones is 3. The highest BCUT2D eigenvalue weighted by Gasteiger charge is 2.53. The number of methoxy groups -OCH3 is 4. The lowest BCUT2D eigenvalue weighted by Crippen LogP contribution is -2.61. The van der Waals surface area contributed by atoms with Crippen molar-refractivity contribution in [2.24, 2.45) is 35.5 Å². The minimum atomic E-state index is -2.47. The molecule has 0 spiro atoms. The van der Waals surface area contributed by atoms with E-state index in [0.717, 1.165) is 18.7 Å². The van der Waals surface area contributed by atoms with Crippen LogP contribution in [0, 0.1) is 35.5 Å². The Morgan fingerprint density at radius 2 is 1.43 bits per heavy atom. The summed E-state index contributed by atoms with van der Waals surface area (Å²) in [5, 5.41) is 37.0. The van der Waals surface area contributed by atoms with E-state index in [-0.39, 0.29) is 99.8 Å². The number of nitrogens with zero attached hydrogens (tertiary/aromatic N) is 9. The molecule has 29 nitrogen and oxygen atoms in total. The van der Waals surface area contributed by atoms with E-state index in [1.807, 2.05) is 71.1 Å². The van der Waals surface area contributed by atoms with Crippen LogP contribution in [0.25, 0.3) is 0 Å². The number of nitrogens with one attached hydrogen (secondary N) is 1. The lowest BCUT2D eigenvalue weighted by molar-refractivity contribution is -0.265. The van der Waals surface area contributed by atoms with Crippen LogP contribution >= 0.6 is 0 Å². The topological polar surface area (TPSA) is 351 Å². The Labute approximate surface area is 629 Å². The molecule has 0 radical (unpaired) electrons. The molecule has 29 heteroatoms. The molecule has 2 bridgehead atoms. The highest BCUT2D eigenvalue weighted by atomic mass is 16.6. The number of cyclic esters (lactones) is 1. The van der Waals surface area contributed by atoms with Crippen LogP contribution in [0.1, 0.15) is 155 Å². The fourth-order valence-electron chi connectivity index (χ4n) is 15.5. The van der Waals surface area contributed by atoms with Crippen LogP contribution < -0.4 is 15.1 Å². The van der Waals surface area contributed by atoms with Crippen molar-refractivity contribution in [1.29, 1.82) is 0 Å². The quantitative estimate of drug-likeness (QED) is 0.0353. The number of rotatable bonds is 20. The number of amides is 3. The minimum Gasteiger partial charge on any atom is -0.480 e. The van der Waals surface area contributed by atoms with Crippen LogP contribution in [0.2, 0.25) is 0 Å². The Bertz CT molecular complexity index is 3420. The van der Waals surface area contributed by atoms with Gasteiger partial charge in [-0.3, -0.25) is 28.9 Å². The maximum atomic E-state index is 14.9. The summed E-state index contributed by atoms with van der Waals surface area (Å²) < 4.78 is 48.5. The molecule has 107 heavy (non-hydrogen) atoms. The summed E-state index contributed by atoms with van der Waals surface area (Å²) in [6.07, 6.45) is 16.0. The number of carbonyl (C=O) groups is 8. The van der Waals surface area contributed by atoms with E-state index in [4.69, 9.17) is 37.9 Å². The second-order valence-electron chi connectivity index (χ2n) is 30.0. The molecule has 5 fully saturated rings. The van der Waals surface area contributed by atoms with Gasteiger partial charge in [-0.15, -0.1) is 0 Å². The lowest BCUT2D eigenvalue weighted by Gasteiger charge is -2.43. The molecule has 2 aromatic heterocycles. The van der Waals surface area contributed by atoms with Gasteiger partial charge in [0.15, 0.2) is 11.6 Å². The predicted octanol–water partition coefficient (Wildman–Crippen LogP) is 6.67. The Hall–Kier alpha value is -7.48. The van der Waals surface area contributed by atoms with Gasteiger partial charge in [-0.25, -0.2) is 34.3 Å². The maximum absolute atomic E-state index is 14.9. The van der Waals surface area contributed by atoms with E-state index >= 15 is 0 Å². The van der Waals surface area contributed by atoms with Crippen molar-refractivity contribution in [3.63, 3.8) is 0 Å². The predicted molar refractivity (Wildman–Crippen MR) is 396 cm³/mol. The van der Waals surface area contributed by atoms with Crippen LogP contribution in [0.4, 0.5) is 16.7 Å². The van der Waals surface area contributed by atoms with Crippen molar-refractivity contribution in [1.82, 2.24) is 40.0 Å². The molecule has 1 saturated carbocycles. The largest absolute Gasteiger partial charge is 0.480 e. The van der Waals surface area contributed by atoms with Crippen LogP contribution in [0.5, 0.6) is 0 Å². The average molecular weight is 1500 g/mol. The summed E-state index contributed by atoms with van der Waals surface area (Å²) in [4.78, 5) is 135. The van der Waals surface area contributed by atoms with Crippen molar-refractivity contribution in [3.05, 3.63) is 83.5 Å². The minimum absolute atomic E-state index is 0.000809. The molecule has 0 unspecified atom stereocenters. The molecule has 4 N–H and O–H groups in total. The number of hydrogen-bond acceptors (Lipinski definition) is 25. The molecular weight excluding hydrogens is 1380 g/mol. The smallest absolute Gasteiger partial charge is 0.407 e. The van der Waals surface area contributed by atoms with Crippen molar-refractivity contribution in [2.45, 2.75) is 212 Å². The van der Waals surface area contributed by atoms with Gasteiger partial charge in [0.25, 0.3) is 11.7 Å². The number of hydrogen-bond donors (Lipinski definition) is 4. The number of ether oxygens (including phenoxy) is 8. The monoisotopic (exact) mass is 1500 g/mol. The zero-order valence-corrected chi connectivity index (χ0v) is 64.6. The Kier molecular flexibility index (Phi) is 32.5. The molecule has 1 aliphatic carbocycles. The van der Waals surface area contributed by atoms with Gasteiger partial charge in [0.05, 0.1) is 56.2 Å². The summed E-state index contributed by atoms with van der Waals surface area (Å²) in [6, 6.07) is -2.31. The van der Waals surface area contributed by atoms with E-state index in [0.29, 0.717) is 113 Å². The van der Waals surface area contributed by atoms with Gasteiger partial charge in [-0.05, 0) is 114 Å². The number of allylic oxidation sites excluding steroid dienone is 5. The number of carboxylic acids is 1. The van der Waals surface area contributed by atoms with Gasteiger partial charge in [-0.1, -0.05) is 71.1 Å². The van der Waals surface area contributed by atoms with E-state index in [1.54, 1.807) is 40.1 Å². The third kappa shape index (κ3) is 23.3. The summed E-state index contributed by atoms with van der Waals surface area (Å²) in [6.45, 7) is 19.1. The first kappa shape index (κ1) is 85.1. The number of fused-ring (bicyclic) bond motifs is 3. The third-order valence-electron chi connectivity index (χ3n) is 22.3. The molecule has 4 saturated heterocycles. The SMILES string of the molecule is CO[C@H]1C[C@@H]2CC[C@@H](C)[C@@](O)(O2)C(=O)C(=O)N2CCCC[C@H]2C(=O)O[C@H]([C@H](C)C[C@@H]2CC[C@@H](OC(=O)NCc3cnc(N4CCN(C(=O)CCOCCN5CCN(c6ncc(C(C)=O)cn6)CC5)[C@@H](C(=O)O)C4)nc3)[C@H](OC)C2)C[C@@H](OC)[C@H](C)/C=C(\C)[C@@H](O)[C@@H](OC)C(=O)[C@H](C)C[C@H](C)/C=C/C=C/C=C/1C. The molecule has 5 aliphatic heterocycles. The average Bonchev–Trinajstić information content (AvgIpc) is 0.774. The van der Waals surface area contributed by atoms with E-state index < -0.39 is 114 Å². The standard InChI is InChI=1S/C78H116N10O19/c1-48-18-14-13-15-19-49(2)63(100-9)40-59-23-21-54(7)78(99,107-59)71(93)72(94)88-26-17-16-20-60(88)74(97)105-65(41-64(101-10)50(3)37-53(6)69(92)70(103-12)68(91)52(5)36-48)51(4)38-56-22-24-62(66(39-56)102-11)106-77(98)83-44-57-42-79-76(80-43-57)86-31-32-87(61(47-86)73(95)96)67(90)25-34-104-35-33-84-27-29-85(30-28-84)75-81-45-58(46-82-75)55(8)89/h13-15,18-19,37,42-43,45-46,48,50-52,54,56,59-66,69-70,92,99H,16-17,20-36,38-41,44,47H2,1-12H3,(H,83,98)(H,95,96)/b15-13+,18-14+,49-19+,53-37+/t48-,50-,51-,52-,54-,56+,59+,60+,61-,62-,63+,64-,65+,66-,69-,70+,78-/m1/s1. The number of carbonyl (C=O) groups excluding carboxylic acids is 7. The number of aliphatic hydroxyl groups is 2. The van der Waals surface area contributed by atoms with Gasteiger partial charge in [-0.2, -0.15) is 0 Å². The number of anilines is 2. The van der Waals surface area contributed by atoms with Crippen molar-refractivity contribution < 1.29 is 91.6 Å². The van der Waals surface area contributed by atoms with Gasteiger partial charge in [0.2, 0.25) is 23.6 Å². The van der Waals surface area contributed by atoms with Crippen LogP contribution in [0.3, 0.4) is 0 Å².